The van der Waals surface area contributed by atoms with Gasteiger partial charge in [-0.2, -0.15) is 5.10 Å². The molecule has 0 saturated carbocycles. The summed E-state index contributed by atoms with van der Waals surface area (Å²) in [5.74, 6) is 0.408. The molecule has 1 aliphatic heterocycles. The van der Waals surface area contributed by atoms with Gasteiger partial charge in [-0.05, 0) is 24.6 Å². The van der Waals surface area contributed by atoms with Crippen molar-refractivity contribution in [3.8, 4) is 0 Å². The summed E-state index contributed by atoms with van der Waals surface area (Å²) in [6.07, 6.45) is -1.33. The lowest BCUT2D eigenvalue weighted by Gasteiger charge is -2.35. The first-order valence-electron chi connectivity index (χ1n) is 9.79. The lowest BCUT2D eigenvalue weighted by Crippen LogP contribution is -2.49. The fourth-order valence-electron chi connectivity index (χ4n) is 3.47. The van der Waals surface area contributed by atoms with Crippen LogP contribution in [-0.2, 0) is 0 Å². The minimum Gasteiger partial charge on any atom is -0.353 e. The second-order valence-electron chi connectivity index (χ2n) is 7.22. The van der Waals surface area contributed by atoms with Gasteiger partial charge in [0.2, 0.25) is 0 Å². The summed E-state index contributed by atoms with van der Waals surface area (Å²) in [5.41, 5.74) is -0.127. The molecular formula is C21H21F3N6O. The predicted octanol–water partition coefficient (Wildman–Crippen LogP) is 3.90. The van der Waals surface area contributed by atoms with Crippen LogP contribution >= 0.6 is 0 Å². The van der Waals surface area contributed by atoms with Gasteiger partial charge >= 0.3 is 0 Å². The van der Waals surface area contributed by atoms with E-state index in [-0.39, 0.29) is 5.56 Å². The number of carbonyl (C=O) groups excluding carboxylic acids is 1. The number of aryl methyl sites for hydroxylation is 1. The van der Waals surface area contributed by atoms with E-state index in [0.29, 0.717) is 32.0 Å². The molecular weight excluding hydrogens is 409 g/mol. The molecule has 3 aromatic rings. The molecule has 3 heterocycles. The van der Waals surface area contributed by atoms with E-state index in [1.165, 1.54) is 17.0 Å². The van der Waals surface area contributed by atoms with Crippen molar-refractivity contribution >= 4 is 23.4 Å². The van der Waals surface area contributed by atoms with Crippen molar-refractivity contribution in [1.82, 2.24) is 20.1 Å². The number of aromatic amines is 1. The molecule has 1 amide bonds. The third kappa shape index (κ3) is 4.32. The smallest absolute Gasteiger partial charge is 0.266 e. The number of rotatable bonds is 5. The Morgan fingerprint density at radius 3 is 2.58 bits per heavy atom. The molecule has 0 radical (unpaired) electrons. The molecule has 0 bridgehead atoms. The number of amides is 1. The van der Waals surface area contributed by atoms with Crippen LogP contribution in [0.4, 0.5) is 30.6 Å². The Balaban J connectivity index is 1.44. The van der Waals surface area contributed by atoms with Crippen LogP contribution < -0.4 is 10.2 Å². The van der Waals surface area contributed by atoms with Crippen molar-refractivity contribution < 1.29 is 18.0 Å². The molecule has 162 valence electrons. The van der Waals surface area contributed by atoms with Crippen LogP contribution in [-0.4, -0.2) is 52.2 Å². The number of anilines is 3. The van der Waals surface area contributed by atoms with Crippen LogP contribution in [0.1, 0.15) is 27.9 Å². The van der Waals surface area contributed by atoms with Gasteiger partial charge in [-0.1, -0.05) is 18.2 Å². The average molecular weight is 430 g/mol. The van der Waals surface area contributed by atoms with Gasteiger partial charge in [0.25, 0.3) is 12.3 Å². The van der Waals surface area contributed by atoms with E-state index < -0.39 is 23.7 Å². The molecule has 2 N–H and O–H groups in total. The number of aromatic nitrogens is 3. The number of nitrogens with zero attached hydrogens (tertiary/aromatic N) is 4. The number of piperazine rings is 1. The number of nitrogens with one attached hydrogen (secondary N) is 2. The van der Waals surface area contributed by atoms with E-state index in [1.807, 2.05) is 24.0 Å². The third-order valence-electron chi connectivity index (χ3n) is 5.22. The lowest BCUT2D eigenvalue weighted by molar-refractivity contribution is 0.0740. The molecule has 7 nitrogen and oxygen atoms in total. The summed E-state index contributed by atoms with van der Waals surface area (Å²) in [6, 6.07) is 9.15. The topological polar surface area (TPSA) is 77.2 Å². The molecule has 0 spiro atoms. The average Bonchev–Trinajstić information content (AvgIpc) is 3.28. The second kappa shape index (κ2) is 8.66. The fourth-order valence-corrected chi connectivity index (χ4v) is 3.47. The Bertz CT molecular complexity index is 1060. The number of pyridine rings is 1. The largest absolute Gasteiger partial charge is 0.353 e. The number of H-pyrrole nitrogens is 1. The number of hydrogen-bond donors (Lipinski definition) is 2. The van der Waals surface area contributed by atoms with Crippen LogP contribution in [0, 0.1) is 12.7 Å². The molecule has 1 aromatic carbocycles. The molecule has 4 rings (SSSR count). The van der Waals surface area contributed by atoms with E-state index in [9.17, 15) is 18.0 Å². The summed E-state index contributed by atoms with van der Waals surface area (Å²) in [7, 11) is 0. The number of hydrogen-bond acceptors (Lipinski definition) is 5. The molecule has 1 aliphatic rings. The Labute approximate surface area is 176 Å². The summed E-state index contributed by atoms with van der Waals surface area (Å²) in [4.78, 5) is 20.9. The SMILES string of the molecule is Cc1ccc(N2CCN(C(=O)c3cccc(C(F)F)c3F)CC2)nc1Nc1ccn[nH]1. The van der Waals surface area contributed by atoms with Crippen molar-refractivity contribution in [3.05, 3.63) is 65.1 Å². The number of carbonyl (C=O) groups is 1. The predicted molar refractivity (Wildman–Crippen MR) is 110 cm³/mol. The van der Waals surface area contributed by atoms with Crippen molar-refractivity contribution in [2.45, 2.75) is 13.3 Å². The van der Waals surface area contributed by atoms with Crippen LogP contribution in [0.5, 0.6) is 0 Å². The zero-order chi connectivity index (χ0) is 22.0. The molecule has 0 unspecified atom stereocenters. The molecule has 0 atom stereocenters. The molecule has 1 saturated heterocycles. The third-order valence-corrected chi connectivity index (χ3v) is 5.22. The maximum absolute atomic E-state index is 14.3. The van der Waals surface area contributed by atoms with Crippen molar-refractivity contribution in [1.29, 1.82) is 0 Å². The fraction of sp³-hybridized carbons (Fsp3) is 0.286. The number of alkyl halides is 2. The zero-order valence-corrected chi connectivity index (χ0v) is 16.8. The van der Waals surface area contributed by atoms with Gasteiger partial charge in [0, 0.05) is 32.2 Å². The number of halogens is 3. The van der Waals surface area contributed by atoms with E-state index >= 15 is 0 Å². The normalized spacial score (nSPS) is 14.2. The Morgan fingerprint density at radius 2 is 1.90 bits per heavy atom. The highest BCUT2D eigenvalue weighted by atomic mass is 19.3. The Kier molecular flexibility index (Phi) is 5.79. The summed E-state index contributed by atoms with van der Waals surface area (Å²) in [5, 5.41) is 9.90. The van der Waals surface area contributed by atoms with Crippen LogP contribution in [0.25, 0.3) is 0 Å². The monoisotopic (exact) mass is 430 g/mol. The van der Waals surface area contributed by atoms with Crippen LogP contribution in [0.15, 0.2) is 42.6 Å². The maximum atomic E-state index is 14.3. The van der Waals surface area contributed by atoms with E-state index in [4.69, 9.17) is 0 Å². The van der Waals surface area contributed by atoms with Gasteiger partial charge in [-0.25, -0.2) is 18.2 Å². The van der Waals surface area contributed by atoms with Gasteiger partial charge in [0.1, 0.15) is 23.3 Å². The molecule has 2 aromatic heterocycles. The second-order valence-corrected chi connectivity index (χ2v) is 7.22. The van der Waals surface area contributed by atoms with E-state index in [2.05, 4.69) is 20.5 Å². The first kappa shape index (κ1) is 20.7. The minimum absolute atomic E-state index is 0.328. The van der Waals surface area contributed by atoms with Gasteiger partial charge in [-0.3, -0.25) is 9.89 Å². The molecule has 0 aliphatic carbocycles. The molecule has 1 fully saturated rings. The highest BCUT2D eigenvalue weighted by Crippen LogP contribution is 2.26. The van der Waals surface area contributed by atoms with Crippen molar-refractivity contribution in [2.75, 3.05) is 36.4 Å². The Hall–Kier alpha value is -3.56. The van der Waals surface area contributed by atoms with Gasteiger partial charge in [0.05, 0.1) is 17.3 Å². The Morgan fingerprint density at radius 1 is 1.13 bits per heavy atom. The van der Waals surface area contributed by atoms with Gasteiger partial charge < -0.3 is 15.1 Å². The highest BCUT2D eigenvalue weighted by molar-refractivity contribution is 5.95. The van der Waals surface area contributed by atoms with Gasteiger partial charge in [-0.15, -0.1) is 0 Å². The highest BCUT2D eigenvalue weighted by Gasteiger charge is 2.27. The number of benzene rings is 1. The summed E-state index contributed by atoms with van der Waals surface area (Å²) in [6.45, 7) is 3.57. The van der Waals surface area contributed by atoms with Crippen molar-refractivity contribution in [2.24, 2.45) is 0 Å². The minimum atomic E-state index is -2.97. The van der Waals surface area contributed by atoms with Crippen LogP contribution in [0.2, 0.25) is 0 Å². The van der Waals surface area contributed by atoms with Crippen molar-refractivity contribution in [3.63, 3.8) is 0 Å². The van der Waals surface area contributed by atoms with Crippen LogP contribution in [0.3, 0.4) is 0 Å². The first-order chi connectivity index (χ1) is 14.9. The maximum Gasteiger partial charge on any atom is 0.266 e. The van der Waals surface area contributed by atoms with Gasteiger partial charge in [0.15, 0.2) is 0 Å². The standard InChI is InChI=1S/C21H21F3N6O/c1-13-5-6-17(27-20(13)26-16-7-8-25-28-16)29-9-11-30(12-10-29)21(31)15-4-2-3-14(18(15)22)19(23)24/h2-8,19H,9-12H2,1H3,(H2,25,26,27,28). The quantitative estimate of drug-likeness (QED) is 0.642. The van der Waals surface area contributed by atoms with E-state index in [1.54, 1.807) is 12.3 Å². The molecule has 31 heavy (non-hydrogen) atoms. The summed E-state index contributed by atoms with van der Waals surface area (Å²) >= 11 is 0. The van der Waals surface area contributed by atoms with E-state index in [0.717, 1.165) is 23.3 Å². The molecule has 10 heteroatoms. The summed E-state index contributed by atoms with van der Waals surface area (Å²) < 4.78 is 40.2. The first-order valence-corrected chi connectivity index (χ1v) is 9.79. The zero-order valence-electron chi connectivity index (χ0n) is 16.8. The lowest BCUT2D eigenvalue weighted by atomic mass is 10.1.